The Balaban J connectivity index is 1.54. The van der Waals surface area contributed by atoms with Crippen molar-refractivity contribution >= 4 is 33.0 Å². The molecule has 3 aromatic rings. The van der Waals surface area contributed by atoms with Gasteiger partial charge in [0.2, 0.25) is 5.89 Å². The second-order valence-corrected chi connectivity index (χ2v) is 9.87. The molecular weight excluding hydrogens is 412 g/mol. The largest absolute Gasteiger partial charge is 0.412 e. The number of rotatable bonds is 5. The fourth-order valence-electron chi connectivity index (χ4n) is 3.29. The van der Waals surface area contributed by atoms with Gasteiger partial charge < -0.3 is 9.32 Å². The number of likely N-dealkylation sites (tertiary alicyclic amines) is 1. The van der Waals surface area contributed by atoms with Crippen molar-refractivity contribution in [2.75, 3.05) is 17.8 Å². The first-order valence-electron chi connectivity index (χ1n) is 9.15. The third-order valence-corrected chi connectivity index (χ3v) is 7.38. The minimum Gasteiger partial charge on any atom is -0.412 e. The van der Waals surface area contributed by atoms with Crippen molar-refractivity contribution in [2.24, 2.45) is 0 Å². The number of carbonyl (C=O) groups excluding carboxylic acids is 1. The first-order chi connectivity index (χ1) is 13.8. The molecule has 0 aliphatic carbocycles. The molecule has 4 rings (SSSR count). The van der Waals surface area contributed by atoms with E-state index in [9.17, 15) is 13.2 Å². The maximum atomic E-state index is 12.7. The van der Waals surface area contributed by atoms with E-state index in [0.29, 0.717) is 24.3 Å². The summed E-state index contributed by atoms with van der Waals surface area (Å²) >= 11 is 1.05. The number of nitrogens with zero attached hydrogens (tertiary/aromatic N) is 3. The lowest BCUT2D eigenvalue weighted by Crippen LogP contribution is -2.27. The summed E-state index contributed by atoms with van der Waals surface area (Å²) in [6.45, 7) is 5.18. The van der Waals surface area contributed by atoms with E-state index in [4.69, 9.17) is 4.42 Å². The summed E-state index contributed by atoms with van der Waals surface area (Å²) in [7, 11) is -3.75. The summed E-state index contributed by atoms with van der Waals surface area (Å²) in [5.74, 6) is -0.247. The van der Waals surface area contributed by atoms with E-state index >= 15 is 0 Å². The maximum Gasteiger partial charge on any atom is 0.311 e. The SMILES string of the molecule is Cc1cc(C)cc(NS(=O)(=O)c2cc(-c3nnc(C(=O)N4CCCC4)o3)cs2)c1. The van der Waals surface area contributed by atoms with Gasteiger partial charge in [-0.25, -0.2) is 8.42 Å². The molecule has 0 saturated carbocycles. The van der Waals surface area contributed by atoms with Gasteiger partial charge in [-0.3, -0.25) is 9.52 Å². The molecule has 1 amide bonds. The van der Waals surface area contributed by atoms with Gasteiger partial charge in [-0.15, -0.1) is 21.5 Å². The maximum absolute atomic E-state index is 12.7. The van der Waals surface area contributed by atoms with E-state index in [0.717, 1.165) is 35.3 Å². The van der Waals surface area contributed by atoms with Crippen LogP contribution in [0.25, 0.3) is 11.5 Å². The zero-order chi connectivity index (χ0) is 20.6. The van der Waals surface area contributed by atoms with Crippen LogP contribution in [0.15, 0.2) is 38.3 Å². The highest BCUT2D eigenvalue weighted by atomic mass is 32.2. The Kier molecular flexibility index (Phi) is 5.13. The number of aryl methyl sites for hydroxylation is 2. The highest BCUT2D eigenvalue weighted by molar-refractivity contribution is 7.94. The Labute approximate surface area is 172 Å². The van der Waals surface area contributed by atoms with Gasteiger partial charge in [-0.2, -0.15) is 0 Å². The standard InChI is InChI=1S/C19H20N4O4S2/c1-12-7-13(2)9-15(8-12)22-29(25,26)16-10-14(11-28-16)17-20-21-18(27-17)19(24)23-5-3-4-6-23/h7-11,22H,3-6H2,1-2H3. The Hall–Kier alpha value is -2.72. The molecular formula is C19H20N4O4S2. The lowest BCUT2D eigenvalue weighted by molar-refractivity contribution is 0.0754. The van der Waals surface area contributed by atoms with Crippen molar-refractivity contribution in [3.8, 4) is 11.5 Å². The van der Waals surface area contributed by atoms with Crippen LogP contribution >= 0.6 is 11.3 Å². The number of hydrogen-bond donors (Lipinski definition) is 1. The third kappa shape index (κ3) is 4.18. The highest BCUT2D eigenvalue weighted by Crippen LogP contribution is 2.29. The van der Waals surface area contributed by atoms with Gasteiger partial charge in [0, 0.05) is 24.2 Å². The molecule has 0 unspecified atom stereocenters. The Morgan fingerprint density at radius 1 is 1.10 bits per heavy atom. The van der Waals surface area contributed by atoms with Gasteiger partial charge in [0.15, 0.2) is 0 Å². The second kappa shape index (κ2) is 7.60. The first-order valence-corrected chi connectivity index (χ1v) is 11.5. The molecule has 1 aliphatic heterocycles. The van der Waals surface area contributed by atoms with E-state index in [2.05, 4.69) is 14.9 Å². The number of anilines is 1. The smallest absolute Gasteiger partial charge is 0.311 e. The number of amides is 1. The molecule has 1 saturated heterocycles. The summed E-state index contributed by atoms with van der Waals surface area (Å²) in [5.41, 5.74) is 2.91. The van der Waals surface area contributed by atoms with Crippen LogP contribution in [0.5, 0.6) is 0 Å². The lowest BCUT2D eigenvalue weighted by Gasteiger charge is -2.11. The molecule has 1 aromatic carbocycles. The Morgan fingerprint density at radius 3 is 2.48 bits per heavy atom. The Morgan fingerprint density at radius 2 is 1.79 bits per heavy atom. The van der Waals surface area contributed by atoms with Crippen LogP contribution in [0.3, 0.4) is 0 Å². The van der Waals surface area contributed by atoms with E-state index in [1.165, 1.54) is 6.07 Å². The number of carbonyl (C=O) groups is 1. The van der Waals surface area contributed by atoms with Gasteiger partial charge in [0.05, 0.1) is 5.56 Å². The van der Waals surface area contributed by atoms with E-state index in [-0.39, 0.29) is 21.9 Å². The molecule has 1 N–H and O–H groups in total. The first kappa shape index (κ1) is 19.6. The van der Waals surface area contributed by atoms with Crippen molar-refractivity contribution in [3.05, 3.63) is 46.7 Å². The fraction of sp³-hybridized carbons (Fsp3) is 0.316. The molecule has 0 bridgehead atoms. The number of sulfonamides is 1. The van der Waals surface area contributed by atoms with Crippen molar-refractivity contribution in [1.82, 2.24) is 15.1 Å². The molecule has 1 aliphatic rings. The monoisotopic (exact) mass is 432 g/mol. The molecule has 1 fully saturated rings. The van der Waals surface area contributed by atoms with E-state index in [1.807, 2.05) is 19.9 Å². The normalized spacial score (nSPS) is 14.3. The van der Waals surface area contributed by atoms with Crippen LogP contribution in [0.4, 0.5) is 5.69 Å². The molecule has 3 heterocycles. The highest BCUT2D eigenvalue weighted by Gasteiger charge is 2.26. The fourth-order valence-corrected chi connectivity index (χ4v) is 5.48. The Bertz CT molecular complexity index is 1140. The van der Waals surface area contributed by atoms with Crippen LogP contribution in [-0.4, -0.2) is 42.5 Å². The van der Waals surface area contributed by atoms with Crippen LogP contribution in [-0.2, 0) is 10.0 Å². The number of hydrogen-bond acceptors (Lipinski definition) is 7. The van der Waals surface area contributed by atoms with Crippen molar-refractivity contribution in [1.29, 1.82) is 0 Å². The van der Waals surface area contributed by atoms with Crippen LogP contribution in [0.2, 0.25) is 0 Å². The summed E-state index contributed by atoms with van der Waals surface area (Å²) in [6, 6.07) is 6.98. The summed E-state index contributed by atoms with van der Waals surface area (Å²) < 4.78 is 33.7. The average Bonchev–Trinajstić information content (AvgIpc) is 3.39. The molecule has 152 valence electrons. The van der Waals surface area contributed by atoms with Gasteiger partial charge in [-0.05, 0) is 56.0 Å². The van der Waals surface area contributed by atoms with E-state index < -0.39 is 10.0 Å². The zero-order valence-electron chi connectivity index (χ0n) is 16.0. The predicted molar refractivity (Wildman–Crippen MR) is 109 cm³/mol. The molecule has 0 atom stereocenters. The van der Waals surface area contributed by atoms with Crippen molar-refractivity contribution < 1.29 is 17.6 Å². The summed E-state index contributed by atoms with van der Waals surface area (Å²) in [4.78, 5) is 14.0. The lowest BCUT2D eigenvalue weighted by atomic mass is 10.1. The second-order valence-electron chi connectivity index (χ2n) is 7.05. The molecule has 8 nitrogen and oxygen atoms in total. The third-order valence-electron chi connectivity index (χ3n) is 4.56. The zero-order valence-corrected chi connectivity index (χ0v) is 17.6. The van der Waals surface area contributed by atoms with Gasteiger partial charge in [0.25, 0.3) is 10.0 Å². The van der Waals surface area contributed by atoms with Crippen LogP contribution < -0.4 is 4.72 Å². The molecule has 2 aromatic heterocycles. The minimum atomic E-state index is -3.75. The number of thiophene rings is 1. The van der Waals surface area contributed by atoms with Crippen LogP contribution in [0.1, 0.15) is 34.7 Å². The van der Waals surface area contributed by atoms with E-state index in [1.54, 1.807) is 22.4 Å². The molecule has 29 heavy (non-hydrogen) atoms. The predicted octanol–water partition coefficient (Wildman–Crippen LogP) is 3.45. The number of benzene rings is 1. The quantitative estimate of drug-likeness (QED) is 0.662. The molecule has 10 heteroatoms. The average molecular weight is 433 g/mol. The van der Waals surface area contributed by atoms with Crippen LogP contribution in [0, 0.1) is 13.8 Å². The topological polar surface area (TPSA) is 105 Å². The van der Waals surface area contributed by atoms with Gasteiger partial charge in [-0.1, -0.05) is 6.07 Å². The van der Waals surface area contributed by atoms with Crippen molar-refractivity contribution in [3.63, 3.8) is 0 Å². The van der Waals surface area contributed by atoms with Gasteiger partial charge in [0.1, 0.15) is 4.21 Å². The molecule has 0 spiro atoms. The van der Waals surface area contributed by atoms with Gasteiger partial charge >= 0.3 is 11.8 Å². The molecule has 0 radical (unpaired) electrons. The van der Waals surface area contributed by atoms with Crippen molar-refractivity contribution in [2.45, 2.75) is 30.9 Å². The minimum absolute atomic E-state index is 0.0779. The summed E-state index contributed by atoms with van der Waals surface area (Å²) in [5, 5.41) is 9.35. The number of aromatic nitrogens is 2. The summed E-state index contributed by atoms with van der Waals surface area (Å²) in [6.07, 6.45) is 1.93. The number of nitrogens with one attached hydrogen (secondary N) is 1.